The summed E-state index contributed by atoms with van der Waals surface area (Å²) in [7, 11) is 0. The van der Waals surface area contributed by atoms with Gasteiger partial charge in [0.2, 0.25) is 11.8 Å². The number of rotatable bonds is 5. The monoisotopic (exact) mass is 310 g/mol. The molecule has 0 aromatic carbocycles. The van der Waals surface area contributed by atoms with E-state index in [4.69, 9.17) is 0 Å². The van der Waals surface area contributed by atoms with E-state index in [9.17, 15) is 14.7 Å². The van der Waals surface area contributed by atoms with E-state index in [1.807, 2.05) is 4.90 Å². The van der Waals surface area contributed by atoms with Gasteiger partial charge in [0, 0.05) is 25.6 Å². The minimum atomic E-state index is -0.826. The van der Waals surface area contributed by atoms with Crippen molar-refractivity contribution in [2.75, 3.05) is 13.1 Å². The van der Waals surface area contributed by atoms with Crippen molar-refractivity contribution in [3.63, 3.8) is 0 Å². The van der Waals surface area contributed by atoms with Gasteiger partial charge in [-0.15, -0.1) is 0 Å². The Kier molecular flexibility index (Phi) is 6.24. The van der Waals surface area contributed by atoms with Crippen molar-refractivity contribution in [1.29, 1.82) is 0 Å². The number of nitrogens with zero attached hydrogens (tertiary/aromatic N) is 1. The van der Waals surface area contributed by atoms with Crippen molar-refractivity contribution < 1.29 is 14.7 Å². The zero-order valence-corrected chi connectivity index (χ0v) is 13.8. The van der Waals surface area contributed by atoms with Gasteiger partial charge in [-0.3, -0.25) is 9.59 Å². The SMILES string of the molecule is CC1CCCCN1C(=O)CCNC(=O)CC1(O)CCCCC1. The van der Waals surface area contributed by atoms with Gasteiger partial charge in [-0.1, -0.05) is 19.3 Å². The minimum absolute atomic E-state index is 0.129. The van der Waals surface area contributed by atoms with Crippen molar-refractivity contribution in [1.82, 2.24) is 10.2 Å². The average Bonchev–Trinajstić information content (AvgIpc) is 2.47. The topological polar surface area (TPSA) is 69.6 Å². The number of nitrogens with one attached hydrogen (secondary N) is 1. The van der Waals surface area contributed by atoms with Crippen LogP contribution in [0.4, 0.5) is 0 Å². The molecule has 22 heavy (non-hydrogen) atoms. The van der Waals surface area contributed by atoms with Gasteiger partial charge in [-0.25, -0.2) is 0 Å². The Morgan fingerprint density at radius 2 is 1.91 bits per heavy atom. The molecule has 2 rings (SSSR count). The Balaban J connectivity index is 1.67. The molecule has 2 aliphatic rings. The first kappa shape index (κ1) is 17.3. The summed E-state index contributed by atoms with van der Waals surface area (Å²) in [6.45, 7) is 3.30. The molecule has 0 bridgehead atoms. The Hall–Kier alpha value is -1.10. The quantitative estimate of drug-likeness (QED) is 0.816. The summed E-state index contributed by atoms with van der Waals surface area (Å²) in [4.78, 5) is 26.0. The van der Waals surface area contributed by atoms with Crippen LogP contribution < -0.4 is 5.32 Å². The predicted octanol–water partition coefficient (Wildman–Crippen LogP) is 1.98. The molecule has 0 aromatic heterocycles. The molecule has 5 nitrogen and oxygen atoms in total. The maximum Gasteiger partial charge on any atom is 0.224 e. The van der Waals surface area contributed by atoms with Crippen LogP contribution in [0.3, 0.4) is 0 Å². The van der Waals surface area contributed by atoms with Crippen molar-refractivity contribution in [3.8, 4) is 0 Å². The Morgan fingerprint density at radius 3 is 2.59 bits per heavy atom. The van der Waals surface area contributed by atoms with Crippen LogP contribution in [0.1, 0.15) is 71.1 Å². The van der Waals surface area contributed by atoms with E-state index in [1.54, 1.807) is 0 Å². The van der Waals surface area contributed by atoms with Crippen LogP contribution in [0.15, 0.2) is 0 Å². The average molecular weight is 310 g/mol. The first-order valence-electron chi connectivity index (χ1n) is 8.79. The Morgan fingerprint density at radius 1 is 1.18 bits per heavy atom. The summed E-state index contributed by atoms with van der Waals surface area (Å²) in [6.07, 6.45) is 8.43. The molecule has 0 aromatic rings. The smallest absolute Gasteiger partial charge is 0.224 e. The van der Waals surface area contributed by atoms with Gasteiger partial charge in [-0.2, -0.15) is 0 Å². The van der Waals surface area contributed by atoms with Gasteiger partial charge >= 0.3 is 0 Å². The van der Waals surface area contributed by atoms with Crippen LogP contribution in [0.2, 0.25) is 0 Å². The number of hydrogen-bond donors (Lipinski definition) is 2. The number of aliphatic hydroxyl groups is 1. The van der Waals surface area contributed by atoms with Crippen molar-refractivity contribution in [2.45, 2.75) is 82.8 Å². The number of carbonyl (C=O) groups excluding carboxylic acids is 2. The van der Waals surface area contributed by atoms with Crippen LogP contribution in [-0.4, -0.2) is 46.6 Å². The summed E-state index contributed by atoms with van der Waals surface area (Å²) >= 11 is 0. The predicted molar refractivity (Wildman–Crippen MR) is 85.3 cm³/mol. The molecule has 1 saturated heterocycles. The van der Waals surface area contributed by atoms with Gasteiger partial charge < -0.3 is 15.3 Å². The van der Waals surface area contributed by atoms with E-state index < -0.39 is 5.60 Å². The van der Waals surface area contributed by atoms with Gasteiger partial charge in [0.25, 0.3) is 0 Å². The highest BCUT2D eigenvalue weighted by atomic mass is 16.3. The summed E-state index contributed by atoms with van der Waals surface area (Å²) in [5.74, 6) is -0.00669. The molecule has 1 unspecified atom stereocenters. The van der Waals surface area contributed by atoms with Crippen molar-refractivity contribution in [2.24, 2.45) is 0 Å². The highest BCUT2D eigenvalue weighted by Crippen LogP contribution is 2.30. The van der Waals surface area contributed by atoms with E-state index in [1.165, 1.54) is 6.42 Å². The lowest BCUT2D eigenvalue weighted by atomic mass is 9.82. The lowest BCUT2D eigenvalue weighted by Crippen LogP contribution is -2.43. The van der Waals surface area contributed by atoms with Crippen molar-refractivity contribution in [3.05, 3.63) is 0 Å². The minimum Gasteiger partial charge on any atom is -0.389 e. The fraction of sp³-hybridized carbons (Fsp3) is 0.882. The lowest BCUT2D eigenvalue weighted by molar-refractivity contribution is -0.134. The largest absolute Gasteiger partial charge is 0.389 e. The van der Waals surface area contributed by atoms with E-state index >= 15 is 0 Å². The number of piperidine rings is 1. The van der Waals surface area contributed by atoms with Gasteiger partial charge in [0.1, 0.15) is 0 Å². The second-order valence-corrected chi connectivity index (χ2v) is 6.99. The lowest BCUT2D eigenvalue weighted by Gasteiger charge is -2.33. The van der Waals surface area contributed by atoms with Gasteiger partial charge in [-0.05, 0) is 39.0 Å². The Bertz CT molecular complexity index is 391. The van der Waals surface area contributed by atoms with E-state index in [-0.39, 0.29) is 18.2 Å². The third-order valence-corrected chi connectivity index (χ3v) is 5.06. The Labute approximate surface area is 133 Å². The van der Waals surface area contributed by atoms with Crippen LogP contribution in [0.25, 0.3) is 0 Å². The van der Waals surface area contributed by atoms with E-state index in [2.05, 4.69) is 12.2 Å². The molecule has 2 fully saturated rings. The molecule has 5 heteroatoms. The summed E-state index contributed by atoms with van der Waals surface area (Å²) in [5.41, 5.74) is -0.826. The van der Waals surface area contributed by atoms with Crippen LogP contribution in [0, 0.1) is 0 Å². The number of hydrogen-bond acceptors (Lipinski definition) is 3. The molecule has 1 heterocycles. The third kappa shape index (κ3) is 4.97. The fourth-order valence-corrected chi connectivity index (χ4v) is 3.67. The van der Waals surface area contributed by atoms with Gasteiger partial charge in [0.15, 0.2) is 0 Å². The molecule has 126 valence electrons. The number of likely N-dealkylation sites (tertiary alicyclic amines) is 1. The molecule has 1 atom stereocenters. The molecule has 2 N–H and O–H groups in total. The zero-order chi connectivity index (χ0) is 16.0. The molecular weight excluding hydrogens is 280 g/mol. The van der Waals surface area contributed by atoms with E-state index in [0.717, 1.165) is 38.6 Å². The first-order valence-corrected chi connectivity index (χ1v) is 8.79. The first-order chi connectivity index (χ1) is 10.5. The second kappa shape index (κ2) is 7.95. The second-order valence-electron chi connectivity index (χ2n) is 6.99. The third-order valence-electron chi connectivity index (χ3n) is 5.06. The van der Waals surface area contributed by atoms with Crippen LogP contribution in [-0.2, 0) is 9.59 Å². The molecule has 0 radical (unpaired) electrons. The van der Waals surface area contributed by atoms with Crippen molar-refractivity contribution >= 4 is 11.8 Å². The van der Waals surface area contributed by atoms with Crippen LogP contribution in [0.5, 0.6) is 0 Å². The summed E-state index contributed by atoms with van der Waals surface area (Å²) in [6, 6.07) is 0.319. The maximum absolute atomic E-state index is 12.2. The fourth-order valence-electron chi connectivity index (χ4n) is 3.67. The normalized spacial score (nSPS) is 24.8. The number of carbonyl (C=O) groups is 2. The molecule has 1 aliphatic carbocycles. The zero-order valence-electron chi connectivity index (χ0n) is 13.8. The highest BCUT2D eigenvalue weighted by molar-refractivity contribution is 5.79. The number of amides is 2. The van der Waals surface area contributed by atoms with Gasteiger partial charge in [0.05, 0.1) is 12.0 Å². The highest BCUT2D eigenvalue weighted by Gasteiger charge is 2.31. The molecule has 1 saturated carbocycles. The molecule has 2 amide bonds. The van der Waals surface area contributed by atoms with E-state index in [0.29, 0.717) is 31.8 Å². The summed E-state index contributed by atoms with van der Waals surface area (Å²) < 4.78 is 0. The standard InChI is InChI=1S/C17H30N2O3/c1-14-7-3-6-12-19(14)16(21)8-11-18-15(20)13-17(22)9-4-2-5-10-17/h14,22H,2-13H2,1H3,(H,18,20). The van der Waals surface area contributed by atoms with Crippen LogP contribution >= 0.6 is 0 Å². The molecular formula is C17H30N2O3. The maximum atomic E-state index is 12.2. The molecule has 1 aliphatic heterocycles. The summed E-state index contributed by atoms with van der Waals surface area (Å²) in [5, 5.41) is 13.1. The molecule has 0 spiro atoms.